The van der Waals surface area contributed by atoms with E-state index in [0.29, 0.717) is 0 Å². The minimum absolute atomic E-state index is 1.25. The molecule has 1 aliphatic rings. The Morgan fingerprint density at radius 2 is 1.57 bits per heavy atom. The third kappa shape index (κ3) is 116. The van der Waals surface area contributed by atoms with Crippen molar-refractivity contribution in [1.82, 2.24) is 5.32 Å². The summed E-state index contributed by atoms with van der Waals surface area (Å²) >= 11 is 0. The van der Waals surface area contributed by atoms with E-state index in [4.69, 9.17) is 13.0 Å². The predicted molar refractivity (Wildman–Crippen MR) is 25.8 cm³/mol. The molecule has 0 aromatic rings. The van der Waals surface area contributed by atoms with Gasteiger partial charge >= 0.3 is 0 Å². The van der Waals surface area contributed by atoms with Gasteiger partial charge in [0.25, 0.3) is 11.0 Å². The van der Waals surface area contributed by atoms with Crippen molar-refractivity contribution in [2.75, 3.05) is 13.1 Å². The predicted octanol–water partition coefficient (Wildman–Crippen LogP) is -1.34. The molecule has 7 heavy (non-hydrogen) atoms. The molecule has 0 saturated carbocycles. The second-order valence-corrected chi connectivity index (χ2v) is 1.46. The first-order valence-corrected chi connectivity index (χ1v) is 2.90. The highest BCUT2D eigenvalue weighted by molar-refractivity contribution is 7.66. The molecule has 4 nitrogen and oxygen atoms in total. The minimum atomic E-state index is -3.12. The maximum atomic E-state index is 8.59. The van der Waals surface area contributed by atoms with E-state index in [9.17, 15) is 0 Å². The molecule has 0 aromatic carbocycles. The molecule has 0 amide bonds. The van der Waals surface area contributed by atoms with Crippen LogP contribution >= 0.6 is 0 Å². The zero-order chi connectivity index (χ0) is 5.70. The number of hydrogen-bond acceptors (Lipinski definition) is 3. The Bertz CT molecular complexity index is 86.4. The SMILES string of the molecule is C1CN1.O=[SH](=O)O. The highest BCUT2D eigenvalue weighted by atomic mass is 32.2. The van der Waals surface area contributed by atoms with E-state index in [2.05, 4.69) is 5.32 Å². The highest BCUT2D eigenvalue weighted by Crippen LogP contribution is 1.65. The Morgan fingerprint density at radius 1 is 1.43 bits per heavy atom. The van der Waals surface area contributed by atoms with Crippen molar-refractivity contribution < 1.29 is 13.0 Å². The lowest BCUT2D eigenvalue weighted by Gasteiger charge is -1.43. The first-order chi connectivity index (χ1) is 3.23. The van der Waals surface area contributed by atoms with Crippen LogP contribution in [0.2, 0.25) is 0 Å². The van der Waals surface area contributed by atoms with Crippen LogP contribution in [-0.4, -0.2) is 26.1 Å². The average Bonchev–Trinajstić information content (AvgIpc) is 2.02. The smallest absolute Gasteiger partial charge is 0.254 e. The molecule has 44 valence electrons. The Hall–Kier alpha value is -0.130. The molecule has 0 bridgehead atoms. The molecule has 1 aliphatic heterocycles. The van der Waals surface area contributed by atoms with Crippen molar-refractivity contribution in [2.45, 2.75) is 0 Å². The van der Waals surface area contributed by atoms with Gasteiger partial charge in [-0.3, -0.25) is 4.55 Å². The summed E-state index contributed by atoms with van der Waals surface area (Å²) in [4.78, 5) is 0. The molecule has 0 aromatic heterocycles. The van der Waals surface area contributed by atoms with Gasteiger partial charge in [0.2, 0.25) is 0 Å². The van der Waals surface area contributed by atoms with Gasteiger partial charge in [-0.2, -0.15) is 0 Å². The van der Waals surface area contributed by atoms with Crippen LogP contribution in [0.3, 0.4) is 0 Å². The Kier molecular flexibility index (Phi) is 3.97. The van der Waals surface area contributed by atoms with Crippen LogP contribution < -0.4 is 5.32 Å². The van der Waals surface area contributed by atoms with Gasteiger partial charge in [-0.15, -0.1) is 0 Å². The van der Waals surface area contributed by atoms with Crippen molar-refractivity contribution in [1.29, 1.82) is 0 Å². The van der Waals surface area contributed by atoms with Crippen LogP contribution in [0.1, 0.15) is 0 Å². The fourth-order valence-corrected chi connectivity index (χ4v) is 0. The molecule has 0 atom stereocenters. The summed E-state index contributed by atoms with van der Waals surface area (Å²) in [6.45, 7) is 2.50. The standard InChI is InChI=1S/C2H5N.H2O3S/c1-2-3-1;1-4(2)3/h3H,1-2H2;4H,(H,1,2,3). The van der Waals surface area contributed by atoms with Crippen LogP contribution in [0.4, 0.5) is 0 Å². The summed E-state index contributed by atoms with van der Waals surface area (Å²) in [5, 5.41) is 3.00. The topological polar surface area (TPSA) is 76.3 Å². The first kappa shape index (κ1) is 6.87. The number of hydrogen-bond donors (Lipinski definition) is 3. The molecule has 1 saturated heterocycles. The van der Waals surface area contributed by atoms with Gasteiger partial charge < -0.3 is 5.32 Å². The largest absolute Gasteiger partial charge is 0.314 e. The van der Waals surface area contributed by atoms with E-state index in [1.165, 1.54) is 13.1 Å². The normalized spacial score (nSPS) is 15.1. The fourth-order valence-electron chi connectivity index (χ4n) is 0. The maximum Gasteiger partial charge on any atom is 0.254 e. The van der Waals surface area contributed by atoms with Crippen molar-refractivity contribution in [2.24, 2.45) is 0 Å². The van der Waals surface area contributed by atoms with E-state index in [1.54, 1.807) is 0 Å². The Morgan fingerprint density at radius 3 is 1.57 bits per heavy atom. The lowest BCUT2D eigenvalue weighted by Crippen LogP contribution is -1.58. The van der Waals surface area contributed by atoms with E-state index >= 15 is 0 Å². The summed E-state index contributed by atoms with van der Waals surface area (Å²) in [6, 6.07) is 0. The molecular weight excluding hydrogens is 118 g/mol. The summed E-state index contributed by atoms with van der Waals surface area (Å²) in [5.74, 6) is 0. The van der Waals surface area contributed by atoms with Gasteiger partial charge in [0.1, 0.15) is 0 Å². The molecule has 0 spiro atoms. The molecule has 0 radical (unpaired) electrons. The summed E-state index contributed by atoms with van der Waals surface area (Å²) in [5.41, 5.74) is 0. The van der Waals surface area contributed by atoms with Crippen LogP contribution in [0.5, 0.6) is 0 Å². The lowest BCUT2D eigenvalue weighted by atomic mass is 11.0. The molecule has 5 heteroatoms. The fraction of sp³-hybridized carbons (Fsp3) is 1.00. The zero-order valence-corrected chi connectivity index (χ0v) is 4.52. The molecular formula is C2H7NO3S. The molecule has 1 heterocycles. The van der Waals surface area contributed by atoms with Gasteiger partial charge in [-0.05, 0) is 0 Å². The maximum absolute atomic E-state index is 8.59. The molecule has 1 rings (SSSR count). The molecule has 1 fully saturated rings. The third-order valence-electron chi connectivity index (χ3n) is 0.250. The molecule has 0 aliphatic carbocycles. The van der Waals surface area contributed by atoms with E-state index in [-0.39, 0.29) is 0 Å². The lowest BCUT2D eigenvalue weighted by molar-refractivity contribution is 0.509. The minimum Gasteiger partial charge on any atom is -0.314 e. The van der Waals surface area contributed by atoms with Gasteiger partial charge in [-0.1, -0.05) is 0 Å². The summed E-state index contributed by atoms with van der Waals surface area (Å²) < 4.78 is 24.2. The summed E-state index contributed by atoms with van der Waals surface area (Å²) in [6.07, 6.45) is 0. The first-order valence-electron chi connectivity index (χ1n) is 1.77. The van der Waals surface area contributed by atoms with Crippen LogP contribution in [0.15, 0.2) is 0 Å². The Labute approximate surface area is 43.3 Å². The monoisotopic (exact) mass is 125 g/mol. The van der Waals surface area contributed by atoms with Gasteiger partial charge in [0, 0.05) is 13.1 Å². The number of thiol groups is 1. The average molecular weight is 125 g/mol. The summed E-state index contributed by atoms with van der Waals surface area (Å²) in [7, 11) is -3.12. The van der Waals surface area contributed by atoms with Gasteiger partial charge in [0.15, 0.2) is 0 Å². The van der Waals surface area contributed by atoms with Crippen molar-refractivity contribution in [3.63, 3.8) is 0 Å². The van der Waals surface area contributed by atoms with Crippen molar-refractivity contribution >= 4 is 11.0 Å². The molecule has 0 unspecified atom stereocenters. The van der Waals surface area contributed by atoms with E-state index in [1.807, 2.05) is 0 Å². The van der Waals surface area contributed by atoms with E-state index in [0.717, 1.165) is 0 Å². The highest BCUT2D eigenvalue weighted by Gasteiger charge is 1.91. The van der Waals surface area contributed by atoms with Crippen LogP contribution in [0.25, 0.3) is 0 Å². The van der Waals surface area contributed by atoms with Gasteiger partial charge in [0.05, 0.1) is 0 Å². The van der Waals surface area contributed by atoms with E-state index < -0.39 is 11.0 Å². The Balaban J connectivity index is 0.000000105. The van der Waals surface area contributed by atoms with Crippen LogP contribution in [-0.2, 0) is 11.0 Å². The zero-order valence-electron chi connectivity index (χ0n) is 3.63. The van der Waals surface area contributed by atoms with Gasteiger partial charge in [-0.25, -0.2) is 8.42 Å². The van der Waals surface area contributed by atoms with Crippen molar-refractivity contribution in [3.8, 4) is 0 Å². The van der Waals surface area contributed by atoms with Crippen LogP contribution in [0, 0.1) is 0 Å². The number of nitrogens with one attached hydrogen (secondary N) is 1. The molecule has 2 N–H and O–H groups in total. The third-order valence-corrected chi connectivity index (χ3v) is 0.250. The quantitative estimate of drug-likeness (QED) is 0.213. The second-order valence-electron chi connectivity index (χ2n) is 0.988. The number of rotatable bonds is 0. The second kappa shape index (κ2) is 4.04. The van der Waals surface area contributed by atoms with Crippen molar-refractivity contribution in [3.05, 3.63) is 0 Å².